The molecule has 0 heterocycles. The number of carbonyl (C=O) groups excluding carboxylic acids is 2. The summed E-state index contributed by atoms with van der Waals surface area (Å²) < 4.78 is 31.4. The topological polar surface area (TPSA) is 43.4 Å². The molecule has 23 heavy (non-hydrogen) atoms. The average Bonchev–Trinajstić information content (AvgIpc) is 2.52. The van der Waals surface area contributed by atoms with Gasteiger partial charge in [0, 0.05) is 5.56 Å². The molecule has 0 fully saturated rings. The van der Waals surface area contributed by atoms with Crippen LogP contribution in [0.4, 0.5) is 8.78 Å². The van der Waals surface area contributed by atoms with E-state index >= 15 is 0 Å². The van der Waals surface area contributed by atoms with E-state index in [2.05, 4.69) is 0 Å². The lowest BCUT2D eigenvalue weighted by atomic mass is 9.90. The Morgan fingerprint density at radius 2 is 1.70 bits per heavy atom. The summed E-state index contributed by atoms with van der Waals surface area (Å²) in [5, 5.41) is 0. The molecule has 3 nitrogen and oxygen atoms in total. The normalized spacial score (nSPS) is 11.8. The standard InChI is InChI=1S/C18H16F2O3/c1-3-23-18(22)16(12-6-4-11(2)5-7-12)17(21)13-8-9-14(19)15(20)10-13/h4-10,16H,3H2,1-2H3. The van der Waals surface area contributed by atoms with E-state index in [0.717, 1.165) is 23.8 Å². The molecule has 0 spiro atoms. The van der Waals surface area contributed by atoms with Crippen molar-refractivity contribution < 1.29 is 23.1 Å². The summed E-state index contributed by atoms with van der Waals surface area (Å²) in [7, 11) is 0. The number of aryl methyl sites for hydroxylation is 1. The van der Waals surface area contributed by atoms with Gasteiger partial charge in [-0.2, -0.15) is 0 Å². The van der Waals surface area contributed by atoms with Crippen LogP contribution in [-0.4, -0.2) is 18.4 Å². The maximum atomic E-state index is 13.4. The van der Waals surface area contributed by atoms with Gasteiger partial charge >= 0.3 is 5.97 Å². The fourth-order valence-corrected chi connectivity index (χ4v) is 2.20. The van der Waals surface area contributed by atoms with Crippen LogP contribution in [0.5, 0.6) is 0 Å². The zero-order valence-corrected chi connectivity index (χ0v) is 12.8. The van der Waals surface area contributed by atoms with Gasteiger partial charge in [0.15, 0.2) is 17.4 Å². The number of hydrogen-bond donors (Lipinski definition) is 0. The van der Waals surface area contributed by atoms with Crippen molar-refractivity contribution in [3.8, 4) is 0 Å². The van der Waals surface area contributed by atoms with Crippen molar-refractivity contribution >= 4 is 11.8 Å². The largest absolute Gasteiger partial charge is 0.465 e. The number of esters is 1. The maximum absolute atomic E-state index is 13.4. The summed E-state index contributed by atoms with van der Waals surface area (Å²) in [6, 6.07) is 9.63. The lowest BCUT2D eigenvalue weighted by Crippen LogP contribution is -2.24. The second-order valence-electron chi connectivity index (χ2n) is 5.09. The van der Waals surface area contributed by atoms with Crippen LogP contribution in [0.1, 0.15) is 34.3 Å². The summed E-state index contributed by atoms with van der Waals surface area (Å²) in [5.41, 5.74) is 1.34. The van der Waals surface area contributed by atoms with Gasteiger partial charge in [0.05, 0.1) is 6.61 Å². The number of rotatable bonds is 5. The second-order valence-corrected chi connectivity index (χ2v) is 5.09. The van der Waals surface area contributed by atoms with E-state index in [1.165, 1.54) is 0 Å². The molecule has 0 radical (unpaired) electrons. The molecule has 0 aromatic heterocycles. The molecule has 120 valence electrons. The molecule has 0 amide bonds. The number of halogens is 2. The SMILES string of the molecule is CCOC(=O)C(C(=O)c1ccc(F)c(F)c1)c1ccc(C)cc1. The van der Waals surface area contributed by atoms with Crippen molar-refractivity contribution in [3.63, 3.8) is 0 Å². The van der Waals surface area contributed by atoms with E-state index in [1.54, 1.807) is 31.2 Å². The predicted molar refractivity (Wildman–Crippen MR) is 81.2 cm³/mol. The fraction of sp³-hybridized carbons (Fsp3) is 0.222. The van der Waals surface area contributed by atoms with E-state index in [1.807, 2.05) is 6.92 Å². The lowest BCUT2D eigenvalue weighted by Gasteiger charge is -2.15. The van der Waals surface area contributed by atoms with Gasteiger partial charge in [0.25, 0.3) is 0 Å². The predicted octanol–water partition coefficient (Wildman–Crippen LogP) is 3.80. The molecule has 0 saturated heterocycles. The Morgan fingerprint density at radius 3 is 2.26 bits per heavy atom. The summed E-state index contributed by atoms with van der Waals surface area (Å²) in [4.78, 5) is 24.8. The lowest BCUT2D eigenvalue weighted by molar-refractivity contribution is -0.143. The maximum Gasteiger partial charge on any atom is 0.321 e. The monoisotopic (exact) mass is 318 g/mol. The van der Waals surface area contributed by atoms with Gasteiger partial charge in [-0.25, -0.2) is 8.78 Å². The van der Waals surface area contributed by atoms with Crippen LogP contribution in [0, 0.1) is 18.6 Å². The van der Waals surface area contributed by atoms with Gasteiger partial charge in [0.2, 0.25) is 0 Å². The molecular weight excluding hydrogens is 302 g/mol. The number of carbonyl (C=O) groups is 2. The molecule has 5 heteroatoms. The minimum Gasteiger partial charge on any atom is -0.465 e. The first-order valence-electron chi connectivity index (χ1n) is 7.16. The van der Waals surface area contributed by atoms with Crippen molar-refractivity contribution in [1.29, 1.82) is 0 Å². The third kappa shape index (κ3) is 3.80. The van der Waals surface area contributed by atoms with Crippen molar-refractivity contribution in [2.45, 2.75) is 19.8 Å². The molecular formula is C18H16F2O3. The molecule has 2 aromatic carbocycles. The van der Waals surface area contributed by atoms with Crippen LogP contribution >= 0.6 is 0 Å². The first-order valence-corrected chi connectivity index (χ1v) is 7.16. The van der Waals surface area contributed by atoms with Gasteiger partial charge in [-0.3, -0.25) is 9.59 Å². The van der Waals surface area contributed by atoms with E-state index in [0.29, 0.717) is 5.56 Å². The summed E-state index contributed by atoms with van der Waals surface area (Å²) >= 11 is 0. The molecule has 0 N–H and O–H groups in total. The first kappa shape index (κ1) is 16.8. The van der Waals surface area contributed by atoms with Gasteiger partial charge < -0.3 is 4.74 Å². The van der Waals surface area contributed by atoms with Crippen molar-refractivity contribution in [2.75, 3.05) is 6.61 Å². The molecule has 0 aliphatic carbocycles. The van der Waals surface area contributed by atoms with E-state index in [-0.39, 0.29) is 12.2 Å². The number of ketones is 1. The van der Waals surface area contributed by atoms with Crippen LogP contribution < -0.4 is 0 Å². The number of Topliss-reactive ketones (excluding diaryl/α,β-unsaturated/α-hetero) is 1. The number of benzene rings is 2. The molecule has 0 saturated carbocycles. The molecule has 1 atom stereocenters. The van der Waals surface area contributed by atoms with Crippen molar-refractivity contribution in [2.24, 2.45) is 0 Å². The highest BCUT2D eigenvalue weighted by molar-refractivity contribution is 6.12. The highest BCUT2D eigenvalue weighted by Crippen LogP contribution is 2.24. The smallest absolute Gasteiger partial charge is 0.321 e. The number of ether oxygens (including phenoxy) is 1. The third-order valence-electron chi connectivity index (χ3n) is 3.40. The Bertz CT molecular complexity index is 724. The summed E-state index contributed by atoms with van der Waals surface area (Å²) in [5.74, 6) is -4.75. The van der Waals surface area contributed by atoms with Crippen LogP contribution in [0.15, 0.2) is 42.5 Å². The highest BCUT2D eigenvalue weighted by Gasteiger charge is 2.31. The Hall–Kier alpha value is -2.56. The van der Waals surface area contributed by atoms with Crippen LogP contribution in [0.2, 0.25) is 0 Å². The molecule has 1 unspecified atom stereocenters. The molecule has 0 aliphatic rings. The van der Waals surface area contributed by atoms with Crippen molar-refractivity contribution in [1.82, 2.24) is 0 Å². The molecule has 0 aliphatic heterocycles. The Kier molecular flexibility index (Phi) is 5.21. The minimum absolute atomic E-state index is 0.0810. The van der Waals surface area contributed by atoms with Crippen LogP contribution in [-0.2, 0) is 9.53 Å². The van der Waals surface area contributed by atoms with Gasteiger partial charge in [-0.05, 0) is 37.6 Å². The van der Waals surface area contributed by atoms with Crippen LogP contribution in [0.25, 0.3) is 0 Å². The molecule has 2 aromatic rings. The summed E-state index contributed by atoms with van der Waals surface area (Å²) in [6.45, 7) is 3.62. The Morgan fingerprint density at radius 1 is 1.04 bits per heavy atom. The van der Waals surface area contributed by atoms with E-state index in [9.17, 15) is 18.4 Å². The zero-order valence-electron chi connectivity index (χ0n) is 12.8. The molecule has 2 rings (SSSR count). The quantitative estimate of drug-likeness (QED) is 0.478. The number of hydrogen-bond acceptors (Lipinski definition) is 3. The second kappa shape index (κ2) is 7.13. The zero-order chi connectivity index (χ0) is 17.0. The molecule has 0 bridgehead atoms. The average molecular weight is 318 g/mol. The van der Waals surface area contributed by atoms with Gasteiger partial charge in [-0.15, -0.1) is 0 Å². The Labute approximate surface area is 132 Å². The highest BCUT2D eigenvalue weighted by atomic mass is 19.2. The Balaban J connectivity index is 2.43. The van der Waals surface area contributed by atoms with E-state index < -0.39 is 29.3 Å². The summed E-state index contributed by atoms with van der Waals surface area (Å²) in [6.07, 6.45) is 0. The van der Waals surface area contributed by atoms with E-state index in [4.69, 9.17) is 4.74 Å². The minimum atomic E-state index is -1.21. The van der Waals surface area contributed by atoms with Crippen molar-refractivity contribution in [3.05, 3.63) is 70.8 Å². The van der Waals surface area contributed by atoms with Gasteiger partial charge in [-0.1, -0.05) is 29.8 Å². The fourth-order valence-electron chi connectivity index (χ4n) is 2.20. The third-order valence-corrected chi connectivity index (χ3v) is 3.40. The first-order chi connectivity index (χ1) is 10.9. The van der Waals surface area contributed by atoms with Gasteiger partial charge in [0.1, 0.15) is 5.92 Å². The van der Waals surface area contributed by atoms with Crippen LogP contribution in [0.3, 0.4) is 0 Å².